The molecule has 0 aliphatic heterocycles. The smallest absolute Gasteiger partial charge is 0.313 e. The number of nitrogens with one attached hydrogen (secondary N) is 1. The predicted molar refractivity (Wildman–Crippen MR) is 58.5 cm³/mol. The minimum absolute atomic E-state index is 0.336. The highest BCUT2D eigenvalue weighted by atomic mass is 79.9. The van der Waals surface area contributed by atoms with Crippen molar-refractivity contribution in [1.82, 2.24) is 9.55 Å². The van der Waals surface area contributed by atoms with Crippen LogP contribution in [0, 0.1) is 11.3 Å². The molecule has 5 nitrogen and oxygen atoms in total. The fourth-order valence-electron chi connectivity index (χ4n) is 1.16. The predicted octanol–water partition coefficient (Wildman–Crippen LogP) is 0.993. The number of unbranched alkanes of at least 4 members (excludes halogenated alkanes) is 2. The van der Waals surface area contributed by atoms with Crippen molar-refractivity contribution in [2.45, 2.75) is 25.8 Å². The molecule has 0 spiro atoms. The van der Waals surface area contributed by atoms with Gasteiger partial charge in [-0.2, -0.15) is 5.26 Å². The molecular weight excluding hydrogens is 262 g/mol. The molecular formula is C9H10BrN3O2. The third kappa shape index (κ3) is 3.06. The van der Waals surface area contributed by atoms with Crippen LogP contribution in [0.4, 0.5) is 0 Å². The monoisotopic (exact) mass is 271 g/mol. The fraction of sp³-hybridized carbons (Fsp3) is 0.444. The first-order chi connectivity index (χ1) is 7.16. The van der Waals surface area contributed by atoms with E-state index in [4.69, 9.17) is 5.26 Å². The number of aromatic nitrogens is 2. The van der Waals surface area contributed by atoms with Crippen LogP contribution >= 0.6 is 15.9 Å². The van der Waals surface area contributed by atoms with E-state index in [1.54, 1.807) is 0 Å². The first-order valence-corrected chi connectivity index (χ1v) is 5.31. The zero-order valence-corrected chi connectivity index (χ0v) is 9.58. The van der Waals surface area contributed by atoms with E-state index in [9.17, 15) is 9.59 Å². The average molecular weight is 272 g/mol. The minimum Gasteiger partial charge on any atom is -0.313 e. The summed E-state index contributed by atoms with van der Waals surface area (Å²) in [7, 11) is 0. The van der Waals surface area contributed by atoms with Crippen LogP contribution in [0.5, 0.6) is 0 Å². The van der Waals surface area contributed by atoms with Crippen molar-refractivity contribution in [1.29, 1.82) is 5.26 Å². The summed E-state index contributed by atoms with van der Waals surface area (Å²) in [6.07, 6.45) is 3.11. The van der Waals surface area contributed by atoms with Crippen molar-refractivity contribution in [3.8, 4) is 6.07 Å². The molecule has 80 valence electrons. The molecule has 1 aromatic rings. The zero-order valence-electron chi connectivity index (χ0n) is 7.99. The van der Waals surface area contributed by atoms with E-state index < -0.39 is 5.69 Å². The lowest BCUT2D eigenvalue weighted by atomic mass is 10.2. The fourth-order valence-corrected chi connectivity index (χ4v) is 1.49. The summed E-state index contributed by atoms with van der Waals surface area (Å²) in [5.74, 6) is 0. The zero-order chi connectivity index (χ0) is 11.3. The Morgan fingerprint density at radius 3 is 2.87 bits per heavy atom. The van der Waals surface area contributed by atoms with Gasteiger partial charge in [0.05, 0.1) is 10.5 Å². The molecule has 6 heteroatoms. The Balaban J connectivity index is 2.78. The number of halogens is 1. The number of aromatic amines is 1. The summed E-state index contributed by atoms with van der Waals surface area (Å²) in [5, 5.41) is 8.32. The van der Waals surface area contributed by atoms with E-state index in [1.165, 1.54) is 6.20 Å². The van der Waals surface area contributed by atoms with Gasteiger partial charge in [0.15, 0.2) is 0 Å². The van der Waals surface area contributed by atoms with Gasteiger partial charge in [-0.25, -0.2) is 4.79 Å². The van der Waals surface area contributed by atoms with Gasteiger partial charge in [-0.05, 0) is 28.8 Å². The minimum atomic E-state index is -0.417. The number of nitrogens with zero attached hydrogens (tertiary/aromatic N) is 2. The molecule has 0 unspecified atom stereocenters. The Hall–Kier alpha value is -1.35. The first kappa shape index (κ1) is 11.7. The summed E-state index contributed by atoms with van der Waals surface area (Å²) in [4.78, 5) is 25.2. The molecule has 0 atom stereocenters. The Morgan fingerprint density at radius 1 is 1.47 bits per heavy atom. The summed E-state index contributed by atoms with van der Waals surface area (Å²) in [5.41, 5.74) is -0.754. The topological polar surface area (TPSA) is 78.7 Å². The molecule has 0 fully saturated rings. The van der Waals surface area contributed by atoms with Gasteiger partial charge < -0.3 is 4.98 Å². The number of hydrogen-bond acceptors (Lipinski definition) is 3. The molecule has 1 heterocycles. The average Bonchev–Trinajstić information content (AvgIpc) is 2.23. The van der Waals surface area contributed by atoms with Gasteiger partial charge in [0.1, 0.15) is 0 Å². The van der Waals surface area contributed by atoms with Crippen LogP contribution in [0.3, 0.4) is 0 Å². The molecule has 0 bridgehead atoms. The maximum Gasteiger partial charge on any atom is 0.328 e. The summed E-state index contributed by atoms with van der Waals surface area (Å²) in [6, 6.07) is 2.01. The second kappa shape index (κ2) is 5.51. The Kier molecular flexibility index (Phi) is 4.31. The van der Waals surface area contributed by atoms with Gasteiger partial charge in [-0.1, -0.05) is 0 Å². The molecule has 0 aromatic carbocycles. The van der Waals surface area contributed by atoms with E-state index in [0.29, 0.717) is 30.3 Å². The second-order valence-electron chi connectivity index (χ2n) is 3.01. The van der Waals surface area contributed by atoms with Gasteiger partial charge in [0, 0.05) is 19.2 Å². The summed E-state index contributed by atoms with van der Waals surface area (Å²) in [6.45, 7) is 0.343. The molecule has 0 saturated carbocycles. The van der Waals surface area contributed by atoms with Crippen molar-refractivity contribution >= 4 is 15.9 Å². The van der Waals surface area contributed by atoms with E-state index in [2.05, 4.69) is 20.9 Å². The summed E-state index contributed by atoms with van der Waals surface area (Å²) >= 11 is 3.05. The molecule has 0 aliphatic carbocycles. The lowest BCUT2D eigenvalue weighted by Gasteiger charge is -2.02. The molecule has 1 aromatic heterocycles. The maximum absolute atomic E-state index is 11.5. The molecule has 0 radical (unpaired) electrons. The highest BCUT2D eigenvalue weighted by molar-refractivity contribution is 9.10. The number of H-pyrrole nitrogens is 1. The van der Waals surface area contributed by atoms with Crippen molar-refractivity contribution < 1.29 is 0 Å². The van der Waals surface area contributed by atoms with E-state index in [-0.39, 0.29) is 5.56 Å². The highest BCUT2D eigenvalue weighted by Gasteiger charge is 2.03. The SMILES string of the molecule is N#CCCCCn1c(=O)[nH]cc(Br)c1=O. The molecule has 1 rings (SSSR count). The Bertz CT molecular complexity index is 483. The van der Waals surface area contributed by atoms with Crippen molar-refractivity contribution in [3.63, 3.8) is 0 Å². The van der Waals surface area contributed by atoms with Crippen LogP contribution in [0.25, 0.3) is 0 Å². The van der Waals surface area contributed by atoms with E-state index >= 15 is 0 Å². The molecule has 15 heavy (non-hydrogen) atoms. The largest absolute Gasteiger partial charge is 0.328 e. The second-order valence-corrected chi connectivity index (χ2v) is 3.87. The lowest BCUT2D eigenvalue weighted by molar-refractivity contribution is 0.570. The quantitative estimate of drug-likeness (QED) is 0.830. The third-order valence-electron chi connectivity index (χ3n) is 1.94. The standard InChI is InChI=1S/C9H10BrN3O2/c10-7-6-12-9(15)13(8(7)14)5-3-1-2-4-11/h6H,1-3,5H2,(H,12,15). The normalized spacial score (nSPS) is 9.87. The van der Waals surface area contributed by atoms with Crippen LogP contribution in [0.1, 0.15) is 19.3 Å². The van der Waals surface area contributed by atoms with Gasteiger partial charge in [-0.3, -0.25) is 9.36 Å². The van der Waals surface area contributed by atoms with Crippen molar-refractivity contribution in [2.24, 2.45) is 0 Å². The van der Waals surface area contributed by atoms with Crippen LogP contribution < -0.4 is 11.2 Å². The van der Waals surface area contributed by atoms with Gasteiger partial charge >= 0.3 is 5.69 Å². The van der Waals surface area contributed by atoms with Gasteiger partial charge in [-0.15, -0.1) is 0 Å². The van der Waals surface area contributed by atoms with Crippen LogP contribution in [0.2, 0.25) is 0 Å². The lowest BCUT2D eigenvalue weighted by Crippen LogP contribution is -2.35. The van der Waals surface area contributed by atoms with Crippen LogP contribution in [-0.4, -0.2) is 9.55 Å². The number of hydrogen-bond donors (Lipinski definition) is 1. The van der Waals surface area contributed by atoms with Crippen LogP contribution in [0.15, 0.2) is 20.3 Å². The van der Waals surface area contributed by atoms with E-state index in [0.717, 1.165) is 4.57 Å². The molecule has 0 saturated heterocycles. The molecule has 1 N–H and O–H groups in total. The molecule has 0 aliphatic rings. The van der Waals surface area contributed by atoms with Crippen LogP contribution in [-0.2, 0) is 6.54 Å². The number of rotatable bonds is 4. The maximum atomic E-state index is 11.5. The van der Waals surface area contributed by atoms with Crippen molar-refractivity contribution in [3.05, 3.63) is 31.5 Å². The van der Waals surface area contributed by atoms with Gasteiger partial charge in [0.2, 0.25) is 0 Å². The highest BCUT2D eigenvalue weighted by Crippen LogP contribution is 1.98. The van der Waals surface area contributed by atoms with Crippen molar-refractivity contribution in [2.75, 3.05) is 0 Å². The Morgan fingerprint density at radius 2 is 2.20 bits per heavy atom. The van der Waals surface area contributed by atoms with Gasteiger partial charge in [0.25, 0.3) is 5.56 Å². The molecule has 0 amide bonds. The Labute approximate surface area is 94.5 Å². The van der Waals surface area contributed by atoms with E-state index in [1.807, 2.05) is 6.07 Å². The first-order valence-electron chi connectivity index (χ1n) is 4.52. The summed E-state index contributed by atoms with van der Waals surface area (Å²) < 4.78 is 1.46. The number of nitriles is 1. The third-order valence-corrected chi connectivity index (χ3v) is 2.51.